The third-order valence-electron chi connectivity index (χ3n) is 3.94. The van der Waals surface area contributed by atoms with Crippen molar-refractivity contribution in [1.29, 1.82) is 0 Å². The van der Waals surface area contributed by atoms with E-state index in [4.69, 9.17) is 0 Å². The second kappa shape index (κ2) is 3.92. The Morgan fingerprint density at radius 3 is 2.57 bits per heavy atom. The average molecular weight is 190 g/mol. The molecule has 0 heteroatoms. The lowest BCUT2D eigenvalue weighted by molar-refractivity contribution is 0.299. The van der Waals surface area contributed by atoms with E-state index in [0.29, 0.717) is 5.41 Å². The van der Waals surface area contributed by atoms with E-state index in [2.05, 4.69) is 38.2 Å². The van der Waals surface area contributed by atoms with Crippen LogP contribution in [-0.4, -0.2) is 0 Å². The van der Waals surface area contributed by atoms with Gasteiger partial charge in [0.1, 0.15) is 0 Å². The fourth-order valence-corrected chi connectivity index (χ4v) is 2.78. The van der Waals surface area contributed by atoms with Gasteiger partial charge in [-0.05, 0) is 43.9 Å². The van der Waals surface area contributed by atoms with Crippen LogP contribution in [0.3, 0.4) is 0 Å². The van der Waals surface area contributed by atoms with Crippen LogP contribution < -0.4 is 0 Å². The molecule has 0 amide bonds. The molecule has 2 rings (SSSR count). The summed E-state index contributed by atoms with van der Waals surface area (Å²) in [5, 5.41) is 0. The van der Waals surface area contributed by atoms with E-state index >= 15 is 0 Å². The lowest BCUT2D eigenvalue weighted by atomic mass is 9.69. The van der Waals surface area contributed by atoms with E-state index < -0.39 is 0 Å². The minimum atomic E-state index is 0.462. The molecule has 78 valence electrons. The Morgan fingerprint density at radius 1 is 1.21 bits per heavy atom. The van der Waals surface area contributed by atoms with Gasteiger partial charge in [0.2, 0.25) is 0 Å². The third-order valence-corrected chi connectivity index (χ3v) is 3.94. The molecule has 2 aliphatic carbocycles. The van der Waals surface area contributed by atoms with Gasteiger partial charge in [0.05, 0.1) is 0 Å². The second-order valence-corrected chi connectivity index (χ2v) is 5.33. The van der Waals surface area contributed by atoms with Crippen LogP contribution in [0.4, 0.5) is 0 Å². The summed E-state index contributed by atoms with van der Waals surface area (Å²) in [4.78, 5) is 0. The topological polar surface area (TPSA) is 0 Å². The number of hydrogen-bond acceptors (Lipinski definition) is 0. The smallest absolute Gasteiger partial charge is 0.00613 e. The van der Waals surface area contributed by atoms with Crippen LogP contribution >= 0.6 is 0 Å². The molecule has 0 saturated carbocycles. The van der Waals surface area contributed by atoms with Crippen LogP contribution in [0, 0.1) is 17.3 Å². The summed E-state index contributed by atoms with van der Waals surface area (Å²) < 4.78 is 0. The zero-order chi connectivity index (χ0) is 10.0. The predicted molar refractivity (Wildman–Crippen MR) is 62.1 cm³/mol. The van der Waals surface area contributed by atoms with E-state index in [1.54, 1.807) is 0 Å². The number of hydrogen-bond donors (Lipinski definition) is 0. The highest BCUT2D eigenvalue weighted by atomic mass is 14.3. The summed E-state index contributed by atoms with van der Waals surface area (Å²) in [6.07, 6.45) is 16.6. The molecular formula is C14H22. The Kier molecular flexibility index (Phi) is 2.80. The van der Waals surface area contributed by atoms with Crippen LogP contribution in [0.2, 0.25) is 0 Å². The van der Waals surface area contributed by atoms with Crippen LogP contribution in [0.15, 0.2) is 24.3 Å². The van der Waals surface area contributed by atoms with Crippen molar-refractivity contribution >= 4 is 0 Å². The van der Waals surface area contributed by atoms with Crippen molar-refractivity contribution in [3.63, 3.8) is 0 Å². The molecule has 0 fully saturated rings. The third kappa shape index (κ3) is 1.94. The maximum Gasteiger partial charge on any atom is 0.00613 e. The van der Waals surface area contributed by atoms with Crippen molar-refractivity contribution in [2.75, 3.05) is 0 Å². The molecule has 0 aliphatic heterocycles. The molecule has 0 saturated heterocycles. The first-order valence-corrected chi connectivity index (χ1v) is 6.09. The Bertz CT molecular complexity index is 247. The fraction of sp³-hybridized carbons (Fsp3) is 0.714. The highest BCUT2D eigenvalue weighted by Crippen LogP contribution is 2.42. The van der Waals surface area contributed by atoms with Crippen LogP contribution in [-0.2, 0) is 0 Å². The predicted octanol–water partition coefficient (Wildman–Crippen LogP) is 4.34. The zero-order valence-electron chi connectivity index (χ0n) is 9.50. The summed E-state index contributed by atoms with van der Waals surface area (Å²) in [6.45, 7) is 4.67. The minimum Gasteiger partial charge on any atom is -0.0877 e. The van der Waals surface area contributed by atoms with Gasteiger partial charge in [-0.3, -0.25) is 0 Å². The molecule has 0 aromatic heterocycles. The summed E-state index contributed by atoms with van der Waals surface area (Å²) in [5.41, 5.74) is 0.462. The molecule has 0 bridgehead atoms. The largest absolute Gasteiger partial charge is 0.0877 e. The van der Waals surface area contributed by atoms with Crippen molar-refractivity contribution in [3.8, 4) is 0 Å². The van der Waals surface area contributed by atoms with Gasteiger partial charge in [-0.1, -0.05) is 38.2 Å². The molecule has 0 N–H and O–H groups in total. The fourth-order valence-electron chi connectivity index (χ4n) is 2.78. The van der Waals surface area contributed by atoms with E-state index in [-0.39, 0.29) is 0 Å². The standard InChI is InChI=1S/C14H22/c1-12(2)13-6-10-14(11-7-13)8-4-3-5-9-14/h4,6,8,10,12-13H,3,5,7,9,11H2,1-2H3. The second-order valence-electron chi connectivity index (χ2n) is 5.33. The van der Waals surface area contributed by atoms with E-state index in [1.807, 2.05) is 0 Å². The van der Waals surface area contributed by atoms with Gasteiger partial charge in [0, 0.05) is 5.41 Å². The lowest BCUT2D eigenvalue weighted by Gasteiger charge is -2.36. The van der Waals surface area contributed by atoms with Gasteiger partial charge in [-0.15, -0.1) is 0 Å². The Labute approximate surface area is 88.1 Å². The van der Waals surface area contributed by atoms with Gasteiger partial charge in [-0.25, -0.2) is 0 Å². The lowest BCUT2D eigenvalue weighted by Crippen LogP contribution is -2.24. The quantitative estimate of drug-likeness (QED) is 0.540. The Hall–Kier alpha value is -0.520. The summed E-state index contributed by atoms with van der Waals surface area (Å²) in [6, 6.07) is 0. The highest BCUT2D eigenvalue weighted by molar-refractivity contribution is 5.17. The first-order valence-electron chi connectivity index (χ1n) is 6.09. The monoisotopic (exact) mass is 190 g/mol. The molecule has 0 heterocycles. The van der Waals surface area contributed by atoms with Gasteiger partial charge < -0.3 is 0 Å². The summed E-state index contributed by atoms with van der Waals surface area (Å²) >= 11 is 0. The average Bonchev–Trinajstić information content (AvgIpc) is 2.19. The number of rotatable bonds is 1. The van der Waals surface area contributed by atoms with E-state index in [0.717, 1.165) is 11.8 Å². The van der Waals surface area contributed by atoms with Crippen molar-refractivity contribution in [2.45, 2.75) is 46.0 Å². The van der Waals surface area contributed by atoms with Gasteiger partial charge >= 0.3 is 0 Å². The van der Waals surface area contributed by atoms with Crippen molar-refractivity contribution in [1.82, 2.24) is 0 Å². The summed E-state index contributed by atoms with van der Waals surface area (Å²) in [5.74, 6) is 1.65. The maximum absolute atomic E-state index is 2.50. The van der Waals surface area contributed by atoms with Crippen LogP contribution in [0.25, 0.3) is 0 Å². The van der Waals surface area contributed by atoms with Crippen LogP contribution in [0.1, 0.15) is 46.0 Å². The molecule has 2 aliphatic rings. The van der Waals surface area contributed by atoms with Gasteiger partial charge in [-0.2, -0.15) is 0 Å². The first-order chi connectivity index (χ1) is 6.72. The SMILES string of the molecule is CC(C)C1C=CC2(C=CCCC2)CC1. The molecule has 0 radical (unpaired) electrons. The molecule has 2 unspecified atom stereocenters. The molecule has 0 aromatic rings. The van der Waals surface area contributed by atoms with E-state index in [9.17, 15) is 0 Å². The first kappa shape index (κ1) is 10.0. The van der Waals surface area contributed by atoms with Gasteiger partial charge in [0.15, 0.2) is 0 Å². The van der Waals surface area contributed by atoms with Crippen molar-refractivity contribution in [3.05, 3.63) is 24.3 Å². The van der Waals surface area contributed by atoms with Crippen molar-refractivity contribution < 1.29 is 0 Å². The molecule has 0 aromatic carbocycles. The van der Waals surface area contributed by atoms with E-state index in [1.165, 1.54) is 32.1 Å². The van der Waals surface area contributed by atoms with Crippen molar-refractivity contribution in [2.24, 2.45) is 17.3 Å². The minimum absolute atomic E-state index is 0.462. The molecule has 2 atom stereocenters. The number of allylic oxidation sites excluding steroid dienone is 4. The normalized spacial score (nSPS) is 36.9. The molecular weight excluding hydrogens is 168 g/mol. The van der Waals surface area contributed by atoms with Crippen LogP contribution in [0.5, 0.6) is 0 Å². The molecule has 0 nitrogen and oxygen atoms in total. The van der Waals surface area contributed by atoms with Gasteiger partial charge in [0.25, 0.3) is 0 Å². The highest BCUT2D eigenvalue weighted by Gasteiger charge is 2.30. The summed E-state index contributed by atoms with van der Waals surface area (Å²) in [7, 11) is 0. The Morgan fingerprint density at radius 2 is 2.07 bits per heavy atom. The zero-order valence-corrected chi connectivity index (χ0v) is 9.50. The molecule has 14 heavy (non-hydrogen) atoms. The Balaban J connectivity index is 2.08. The molecule has 1 spiro atoms. The maximum atomic E-state index is 2.50.